The van der Waals surface area contributed by atoms with Gasteiger partial charge in [0, 0.05) is 6.42 Å². The largest absolute Gasteiger partial charge is 0.481 e. The van der Waals surface area contributed by atoms with Gasteiger partial charge in [-0.25, -0.2) is 0 Å². The van der Waals surface area contributed by atoms with Gasteiger partial charge in [-0.1, -0.05) is 101 Å². The molecule has 0 heterocycles. The van der Waals surface area contributed by atoms with Gasteiger partial charge in [0.1, 0.15) is 0 Å². The highest BCUT2D eigenvalue weighted by Crippen LogP contribution is 2.12. The van der Waals surface area contributed by atoms with Crippen molar-refractivity contribution in [2.75, 3.05) is 0 Å². The third-order valence-corrected chi connectivity index (χ3v) is 5.48. The number of allylic oxidation sites excluding steroid dienone is 6. The monoisotopic (exact) mass is 418 g/mol. The Labute approximate surface area is 187 Å². The lowest BCUT2D eigenvalue weighted by molar-refractivity contribution is -0.137. The van der Waals surface area contributed by atoms with E-state index in [-0.39, 0.29) is 6.42 Å². The second-order valence-corrected chi connectivity index (χ2v) is 8.53. The Morgan fingerprint density at radius 2 is 0.833 bits per heavy atom. The van der Waals surface area contributed by atoms with E-state index in [1.807, 2.05) is 0 Å². The maximum Gasteiger partial charge on any atom is 0.303 e. The summed E-state index contributed by atoms with van der Waals surface area (Å²) in [5.41, 5.74) is 0. The van der Waals surface area contributed by atoms with Crippen molar-refractivity contribution in [2.45, 2.75) is 135 Å². The van der Waals surface area contributed by atoms with E-state index in [4.69, 9.17) is 5.11 Å². The molecule has 2 heteroatoms. The van der Waals surface area contributed by atoms with Gasteiger partial charge in [0.15, 0.2) is 0 Å². The Kier molecular flexibility index (Phi) is 24.6. The highest BCUT2D eigenvalue weighted by molar-refractivity contribution is 5.66. The highest BCUT2D eigenvalue weighted by atomic mass is 16.4. The predicted molar refractivity (Wildman–Crippen MR) is 133 cm³/mol. The third kappa shape index (κ3) is 26.7. The molecule has 0 spiro atoms. The van der Waals surface area contributed by atoms with Gasteiger partial charge >= 0.3 is 5.97 Å². The van der Waals surface area contributed by atoms with E-state index in [2.05, 4.69) is 43.4 Å². The number of carbonyl (C=O) groups is 1. The lowest BCUT2D eigenvalue weighted by atomic mass is 10.1. The van der Waals surface area contributed by atoms with Gasteiger partial charge < -0.3 is 5.11 Å². The Hall–Kier alpha value is -1.31. The maximum absolute atomic E-state index is 10.4. The Balaban J connectivity index is 3.18. The zero-order valence-electron chi connectivity index (χ0n) is 20.0. The minimum atomic E-state index is -0.696. The second-order valence-electron chi connectivity index (χ2n) is 8.53. The normalized spacial score (nSPS) is 12.0. The molecule has 0 amide bonds. The summed E-state index contributed by atoms with van der Waals surface area (Å²) in [6.45, 7) is 2.27. The van der Waals surface area contributed by atoms with Crippen LogP contribution in [0.15, 0.2) is 36.5 Å². The molecule has 0 aromatic carbocycles. The van der Waals surface area contributed by atoms with E-state index in [0.717, 1.165) is 25.7 Å². The molecule has 0 aliphatic carbocycles. The van der Waals surface area contributed by atoms with E-state index in [0.29, 0.717) is 0 Å². The van der Waals surface area contributed by atoms with Gasteiger partial charge in [0.05, 0.1) is 0 Å². The molecule has 0 aromatic heterocycles. The zero-order valence-corrected chi connectivity index (χ0v) is 20.0. The number of carboxylic acids is 1. The average Bonchev–Trinajstić information content (AvgIpc) is 2.73. The van der Waals surface area contributed by atoms with Crippen molar-refractivity contribution in [3.63, 3.8) is 0 Å². The first-order valence-corrected chi connectivity index (χ1v) is 12.9. The van der Waals surface area contributed by atoms with Gasteiger partial charge in [0.2, 0.25) is 0 Å². The molecule has 0 bridgehead atoms. The standard InChI is InChI=1S/C28H50O2/c1-2-3-4-5-6-7-8-9-10-11-12-13-14-15-16-17-18-19-20-21-22-23-24-25-26-27-28(29)30/h7-8,19-20,23-24H,2-6,9-18,21-22,25-27H2,1H3,(H,29,30)/b8-7-,20-19-,24-23-. The molecule has 0 rings (SSSR count). The van der Waals surface area contributed by atoms with Crippen molar-refractivity contribution in [1.82, 2.24) is 0 Å². The van der Waals surface area contributed by atoms with Crippen LogP contribution in [0.3, 0.4) is 0 Å². The molecule has 0 saturated carbocycles. The molecular weight excluding hydrogens is 368 g/mol. The van der Waals surface area contributed by atoms with Crippen molar-refractivity contribution in [1.29, 1.82) is 0 Å². The summed E-state index contributed by atoms with van der Waals surface area (Å²) < 4.78 is 0. The van der Waals surface area contributed by atoms with Crippen LogP contribution in [0, 0.1) is 0 Å². The lowest BCUT2D eigenvalue weighted by Crippen LogP contribution is -1.92. The van der Waals surface area contributed by atoms with Crippen molar-refractivity contribution >= 4 is 5.97 Å². The fraction of sp³-hybridized carbons (Fsp3) is 0.750. The lowest BCUT2D eigenvalue weighted by Gasteiger charge is -2.01. The molecule has 174 valence electrons. The summed E-state index contributed by atoms with van der Waals surface area (Å²) in [4.78, 5) is 10.4. The van der Waals surface area contributed by atoms with Crippen molar-refractivity contribution < 1.29 is 9.90 Å². The Morgan fingerprint density at radius 1 is 0.500 bits per heavy atom. The SMILES string of the molecule is CCCCCC/C=C\CCCCCCCCCC/C=C\CC/C=C\CCCC(=O)O. The molecular formula is C28H50O2. The molecule has 2 nitrogen and oxygen atoms in total. The van der Waals surface area contributed by atoms with Gasteiger partial charge in [-0.15, -0.1) is 0 Å². The van der Waals surface area contributed by atoms with Crippen LogP contribution >= 0.6 is 0 Å². The van der Waals surface area contributed by atoms with E-state index < -0.39 is 5.97 Å². The van der Waals surface area contributed by atoms with E-state index in [9.17, 15) is 4.79 Å². The fourth-order valence-electron chi connectivity index (χ4n) is 3.54. The van der Waals surface area contributed by atoms with Crippen molar-refractivity contribution in [3.8, 4) is 0 Å². The number of rotatable bonds is 23. The van der Waals surface area contributed by atoms with Crippen LogP contribution in [0.1, 0.15) is 135 Å². The summed E-state index contributed by atoms with van der Waals surface area (Å²) in [5.74, 6) is -0.696. The van der Waals surface area contributed by atoms with Gasteiger partial charge in [-0.3, -0.25) is 4.79 Å². The summed E-state index contributed by atoms with van der Waals surface area (Å²) in [6, 6.07) is 0. The molecule has 30 heavy (non-hydrogen) atoms. The van der Waals surface area contributed by atoms with Crippen LogP contribution in [-0.2, 0) is 4.79 Å². The predicted octanol–water partition coefficient (Wildman–Crippen LogP) is 9.56. The molecule has 1 N–H and O–H groups in total. The van der Waals surface area contributed by atoms with Crippen LogP contribution < -0.4 is 0 Å². The maximum atomic E-state index is 10.4. The first-order chi connectivity index (χ1) is 14.8. The minimum absolute atomic E-state index is 0.279. The quantitative estimate of drug-likeness (QED) is 0.132. The van der Waals surface area contributed by atoms with Crippen LogP contribution in [0.2, 0.25) is 0 Å². The van der Waals surface area contributed by atoms with Gasteiger partial charge in [0.25, 0.3) is 0 Å². The summed E-state index contributed by atoms with van der Waals surface area (Å²) in [6.07, 6.45) is 38.1. The topological polar surface area (TPSA) is 37.3 Å². The van der Waals surface area contributed by atoms with Crippen LogP contribution in [0.25, 0.3) is 0 Å². The molecule has 0 aliphatic rings. The number of hydrogen-bond donors (Lipinski definition) is 1. The molecule has 0 aliphatic heterocycles. The average molecular weight is 419 g/mol. The molecule has 0 atom stereocenters. The second kappa shape index (κ2) is 25.7. The Morgan fingerprint density at radius 3 is 1.23 bits per heavy atom. The molecule has 0 aromatic rings. The van der Waals surface area contributed by atoms with Crippen LogP contribution in [0.4, 0.5) is 0 Å². The molecule has 0 unspecified atom stereocenters. The fourth-order valence-corrected chi connectivity index (χ4v) is 3.54. The number of unbranched alkanes of at least 4 members (excludes halogenated alkanes) is 15. The van der Waals surface area contributed by atoms with Crippen LogP contribution in [-0.4, -0.2) is 11.1 Å². The number of hydrogen-bond acceptors (Lipinski definition) is 1. The molecule has 0 saturated heterocycles. The van der Waals surface area contributed by atoms with E-state index >= 15 is 0 Å². The first kappa shape index (κ1) is 28.7. The van der Waals surface area contributed by atoms with E-state index in [1.165, 1.54) is 96.3 Å². The van der Waals surface area contributed by atoms with Crippen molar-refractivity contribution in [2.24, 2.45) is 0 Å². The summed E-state index contributed by atoms with van der Waals surface area (Å²) in [7, 11) is 0. The summed E-state index contributed by atoms with van der Waals surface area (Å²) >= 11 is 0. The zero-order chi connectivity index (χ0) is 22.0. The molecule has 0 fully saturated rings. The first-order valence-electron chi connectivity index (χ1n) is 12.9. The smallest absolute Gasteiger partial charge is 0.303 e. The Bertz CT molecular complexity index is 434. The third-order valence-electron chi connectivity index (χ3n) is 5.48. The highest BCUT2D eigenvalue weighted by Gasteiger charge is 1.93. The van der Waals surface area contributed by atoms with Crippen molar-refractivity contribution in [3.05, 3.63) is 36.5 Å². The van der Waals surface area contributed by atoms with E-state index in [1.54, 1.807) is 0 Å². The molecule has 0 radical (unpaired) electrons. The number of carboxylic acid groups (broad SMARTS) is 1. The minimum Gasteiger partial charge on any atom is -0.481 e. The van der Waals surface area contributed by atoms with Gasteiger partial charge in [-0.2, -0.15) is 0 Å². The number of aliphatic carboxylic acids is 1. The van der Waals surface area contributed by atoms with Crippen LogP contribution in [0.5, 0.6) is 0 Å². The van der Waals surface area contributed by atoms with Gasteiger partial charge in [-0.05, 0) is 64.2 Å². The summed E-state index contributed by atoms with van der Waals surface area (Å²) in [5, 5.41) is 8.56.